The zero-order valence-electron chi connectivity index (χ0n) is 17.1. The minimum absolute atomic E-state index is 0.0280. The highest BCUT2D eigenvalue weighted by atomic mass is 32.2. The predicted octanol–water partition coefficient (Wildman–Crippen LogP) is 6.16. The van der Waals surface area contributed by atoms with Crippen LogP contribution in [0.2, 0.25) is 0 Å². The quantitative estimate of drug-likeness (QED) is 0.360. The van der Waals surface area contributed by atoms with Crippen LogP contribution in [0, 0.1) is 0 Å². The fourth-order valence-electron chi connectivity index (χ4n) is 3.13. The van der Waals surface area contributed by atoms with Gasteiger partial charge < -0.3 is 10.1 Å². The number of amides is 1. The van der Waals surface area contributed by atoms with Crippen LogP contribution in [0.4, 0.5) is 5.69 Å². The molecule has 0 atom stereocenters. The second-order valence-electron chi connectivity index (χ2n) is 6.87. The number of rotatable bonds is 7. The van der Waals surface area contributed by atoms with Crippen molar-refractivity contribution in [2.45, 2.75) is 4.90 Å². The maximum Gasteiger partial charge on any atom is 0.234 e. The minimum Gasteiger partial charge on any atom is -0.497 e. The van der Waals surface area contributed by atoms with E-state index in [1.54, 1.807) is 7.11 Å². The highest BCUT2D eigenvalue weighted by molar-refractivity contribution is 8.00. The average molecular weight is 427 g/mol. The molecule has 3 aromatic carbocycles. The van der Waals surface area contributed by atoms with E-state index in [1.165, 1.54) is 11.8 Å². The molecule has 0 saturated carbocycles. The van der Waals surface area contributed by atoms with Gasteiger partial charge in [-0.25, -0.2) is 4.98 Å². The molecule has 154 valence electrons. The van der Waals surface area contributed by atoms with E-state index in [2.05, 4.69) is 5.32 Å². The lowest BCUT2D eigenvalue weighted by Gasteiger charge is -2.08. The number of hydrogen-bond donors (Lipinski definition) is 1. The molecule has 4 aromatic rings. The molecule has 0 radical (unpaired) electrons. The molecule has 0 fully saturated rings. The minimum atomic E-state index is -0.0280. The van der Waals surface area contributed by atoms with Crippen molar-refractivity contribution in [2.24, 2.45) is 0 Å². The Bertz CT molecular complexity index is 1160. The lowest BCUT2D eigenvalue weighted by atomic mass is 10.1. The summed E-state index contributed by atoms with van der Waals surface area (Å²) in [4.78, 5) is 18.1. The second kappa shape index (κ2) is 9.96. The average Bonchev–Trinajstić information content (AvgIpc) is 2.84. The maximum atomic E-state index is 12.2. The number of pyridine rings is 1. The second-order valence-corrected chi connectivity index (χ2v) is 7.92. The van der Waals surface area contributed by atoms with Crippen molar-refractivity contribution in [3.05, 3.63) is 97.1 Å². The van der Waals surface area contributed by atoms with Crippen LogP contribution >= 0.6 is 11.8 Å². The van der Waals surface area contributed by atoms with Crippen molar-refractivity contribution >= 4 is 23.4 Å². The molecule has 0 bridgehead atoms. The van der Waals surface area contributed by atoms with Gasteiger partial charge in [-0.05, 0) is 48.5 Å². The van der Waals surface area contributed by atoms with Crippen molar-refractivity contribution in [3.8, 4) is 28.3 Å². The molecule has 0 aliphatic carbocycles. The largest absolute Gasteiger partial charge is 0.497 e. The lowest BCUT2D eigenvalue weighted by Crippen LogP contribution is -2.13. The molecule has 0 saturated heterocycles. The number of anilines is 1. The van der Waals surface area contributed by atoms with Gasteiger partial charge in [0.05, 0.1) is 24.3 Å². The molecule has 1 heterocycles. The summed E-state index contributed by atoms with van der Waals surface area (Å²) in [6.07, 6.45) is 0. The summed E-state index contributed by atoms with van der Waals surface area (Å²) >= 11 is 1.52. The van der Waals surface area contributed by atoms with Crippen molar-refractivity contribution in [1.82, 2.24) is 4.98 Å². The van der Waals surface area contributed by atoms with Gasteiger partial charge in [-0.2, -0.15) is 0 Å². The number of hydrogen-bond acceptors (Lipinski definition) is 4. The van der Waals surface area contributed by atoms with Crippen molar-refractivity contribution < 1.29 is 9.53 Å². The van der Waals surface area contributed by atoms with E-state index >= 15 is 0 Å². The fraction of sp³-hybridized carbons (Fsp3) is 0.0769. The number of carbonyl (C=O) groups is 1. The monoisotopic (exact) mass is 426 g/mol. The summed E-state index contributed by atoms with van der Waals surface area (Å²) in [5.41, 5.74) is 4.51. The fourth-order valence-corrected chi connectivity index (χ4v) is 3.85. The molecule has 0 unspecified atom stereocenters. The van der Waals surface area contributed by atoms with Crippen LogP contribution in [0.25, 0.3) is 22.5 Å². The highest BCUT2D eigenvalue weighted by Crippen LogP contribution is 2.26. The van der Waals surface area contributed by atoms with Gasteiger partial charge in [0.15, 0.2) is 0 Å². The first kappa shape index (κ1) is 20.7. The van der Waals surface area contributed by atoms with Crippen LogP contribution in [0.15, 0.2) is 102 Å². The van der Waals surface area contributed by atoms with E-state index in [9.17, 15) is 4.79 Å². The Morgan fingerprint density at radius 3 is 2.29 bits per heavy atom. The molecule has 1 aromatic heterocycles. The summed E-state index contributed by atoms with van der Waals surface area (Å²) in [7, 11) is 1.66. The molecular weight excluding hydrogens is 404 g/mol. The van der Waals surface area contributed by atoms with Crippen LogP contribution in [-0.4, -0.2) is 23.8 Å². The Morgan fingerprint density at radius 1 is 0.839 bits per heavy atom. The molecule has 5 heteroatoms. The molecule has 4 rings (SSSR count). The first-order chi connectivity index (χ1) is 15.2. The Morgan fingerprint density at radius 2 is 1.55 bits per heavy atom. The first-order valence-electron chi connectivity index (χ1n) is 9.91. The summed E-state index contributed by atoms with van der Waals surface area (Å²) in [5, 5.41) is 2.95. The van der Waals surface area contributed by atoms with Gasteiger partial charge in [0, 0.05) is 21.7 Å². The summed E-state index contributed by atoms with van der Waals surface area (Å²) in [6, 6.07) is 31.5. The Kier molecular flexibility index (Phi) is 6.65. The van der Waals surface area contributed by atoms with E-state index in [1.807, 2.05) is 97.1 Å². The molecule has 0 aliphatic heterocycles. The number of aromatic nitrogens is 1. The van der Waals surface area contributed by atoms with Gasteiger partial charge >= 0.3 is 0 Å². The van der Waals surface area contributed by atoms with E-state index < -0.39 is 0 Å². The zero-order valence-corrected chi connectivity index (χ0v) is 17.9. The molecule has 0 spiro atoms. The smallest absolute Gasteiger partial charge is 0.234 e. The van der Waals surface area contributed by atoms with Crippen molar-refractivity contribution in [2.75, 3.05) is 18.2 Å². The van der Waals surface area contributed by atoms with Gasteiger partial charge in [-0.1, -0.05) is 48.5 Å². The Labute approximate surface area is 186 Å². The Hall–Kier alpha value is -3.57. The molecular formula is C26H22N2O2S. The summed E-state index contributed by atoms with van der Waals surface area (Å²) in [6.45, 7) is 0. The number of benzene rings is 3. The molecule has 4 nitrogen and oxygen atoms in total. The summed E-state index contributed by atoms with van der Waals surface area (Å²) in [5.74, 6) is 1.14. The van der Waals surface area contributed by atoms with E-state index in [0.717, 1.165) is 38.8 Å². The predicted molar refractivity (Wildman–Crippen MR) is 127 cm³/mol. The number of carbonyl (C=O) groups excluding carboxylic acids is 1. The SMILES string of the molecule is COc1cccc(-c2cccc(-c3ccc(NC(=O)CSc4ccccc4)cc3)n2)c1. The third kappa shape index (κ3) is 5.53. The molecule has 1 amide bonds. The highest BCUT2D eigenvalue weighted by Gasteiger charge is 2.07. The van der Waals surface area contributed by atoms with Gasteiger partial charge in [0.1, 0.15) is 5.75 Å². The van der Waals surface area contributed by atoms with E-state index in [4.69, 9.17) is 9.72 Å². The number of methoxy groups -OCH3 is 1. The van der Waals surface area contributed by atoms with Gasteiger partial charge in [-0.3, -0.25) is 4.79 Å². The third-order valence-electron chi connectivity index (χ3n) is 4.69. The molecule has 1 N–H and O–H groups in total. The number of nitrogens with one attached hydrogen (secondary N) is 1. The molecule has 0 aliphatic rings. The van der Waals surface area contributed by atoms with Crippen LogP contribution in [0.3, 0.4) is 0 Å². The maximum absolute atomic E-state index is 12.2. The van der Waals surface area contributed by atoms with Gasteiger partial charge in [0.2, 0.25) is 5.91 Å². The standard InChI is InChI=1S/C26H22N2O2S/c1-30-22-8-5-7-20(17-22)25-12-6-11-24(28-25)19-13-15-21(16-14-19)27-26(29)18-31-23-9-3-2-4-10-23/h2-17H,18H2,1H3,(H,27,29). The van der Waals surface area contributed by atoms with Crippen molar-refractivity contribution in [1.29, 1.82) is 0 Å². The number of nitrogens with zero attached hydrogens (tertiary/aromatic N) is 1. The topological polar surface area (TPSA) is 51.2 Å². The van der Waals surface area contributed by atoms with Crippen molar-refractivity contribution in [3.63, 3.8) is 0 Å². The number of thioether (sulfide) groups is 1. The third-order valence-corrected chi connectivity index (χ3v) is 5.70. The van der Waals surface area contributed by atoms with Gasteiger partial charge in [0.25, 0.3) is 0 Å². The number of ether oxygens (including phenoxy) is 1. The van der Waals surface area contributed by atoms with Crippen LogP contribution < -0.4 is 10.1 Å². The lowest BCUT2D eigenvalue weighted by molar-refractivity contribution is -0.113. The first-order valence-corrected chi connectivity index (χ1v) is 10.9. The molecule has 31 heavy (non-hydrogen) atoms. The van der Waals surface area contributed by atoms with Crippen LogP contribution in [0.5, 0.6) is 5.75 Å². The zero-order chi connectivity index (χ0) is 21.5. The van der Waals surface area contributed by atoms with E-state index in [-0.39, 0.29) is 5.91 Å². The summed E-state index contributed by atoms with van der Waals surface area (Å²) < 4.78 is 5.31. The normalized spacial score (nSPS) is 10.5. The van der Waals surface area contributed by atoms with Gasteiger partial charge in [-0.15, -0.1) is 11.8 Å². The Balaban J connectivity index is 1.42. The van der Waals surface area contributed by atoms with E-state index in [0.29, 0.717) is 5.75 Å². The van der Waals surface area contributed by atoms with Crippen LogP contribution in [0.1, 0.15) is 0 Å². The van der Waals surface area contributed by atoms with Crippen LogP contribution in [-0.2, 0) is 4.79 Å².